The second kappa shape index (κ2) is 5.81. The van der Waals surface area contributed by atoms with Gasteiger partial charge in [0.05, 0.1) is 18.7 Å². The largest absolute Gasteiger partial charge is 0.417 e. The third kappa shape index (κ3) is 3.69. The zero-order chi connectivity index (χ0) is 13.8. The molecule has 0 fully saturated rings. The quantitative estimate of drug-likeness (QED) is 0.392. The minimum absolute atomic E-state index is 0.136. The molecule has 18 heavy (non-hydrogen) atoms. The Labute approximate surface area is 101 Å². The Kier molecular flexibility index (Phi) is 4.66. The van der Waals surface area contributed by atoms with Crippen molar-refractivity contribution in [1.29, 1.82) is 0 Å². The van der Waals surface area contributed by atoms with Crippen LogP contribution < -0.4 is 5.73 Å². The number of amidine groups is 1. The molecule has 0 aromatic heterocycles. The van der Waals surface area contributed by atoms with Crippen LogP contribution >= 0.6 is 0 Å². The molecule has 0 aliphatic rings. The molecule has 0 aliphatic carbocycles. The van der Waals surface area contributed by atoms with Crippen LogP contribution in [-0.4, -0.2) is 26.1 Å². The highest BCUT2D eigenvalue weighted by Crippen LogP contribution is 2.32. The molecule has 7 heteroatoms. The van der Waals surface area contributed by atoms with Crippen LogP contribution in [0.25, 0.3) is 0 Å². The molecular weight excluding hydrogens is 252 g/mol. The van der Waals surface area contributed by atoms with E-state index in [2.05, 4.69) is 4.99 Å². The van der Waals surface area contributed by atoms with Crippen molar-refractivity contribution in [3.63, 3.8) is 0 Å². The fourth-order valence-corrected chi connectivity index (χ4v) is 1.32. The lowest BCUT2D eigenvalue weighted by Gasteiger charge is -2.12. The number of hydrogen-bond donors (Lipinski definition) is 1. The van der Waals surface area contributed by atoms with Gasteiger partial charge in [0.15, 0.2) is 0 Å². The number of benzene rings is 1. The average molecular weight is 264 g/mol. The summed E-state index contributed by atoms with van der Waals surface area (Å²) in [5, 5.41) is 0. The van der Waals surface area contributed by atoms with Crippen LogP contribution in [0.4, 0.5) is 17.6 Å². The van der Waals surface area contributed by atoms with Crippen molar-refractivity contribution in [3.8, 4) is 0 Å². The number of hydrogen-bond acceptors (Lipinski definition) is 2. The van der Waals surface area contributed by atoms with Crippen molar-refractivity contribution in [1.82, 2.24) is 0 Å². The maximum absolute atomic E-state index is 12.8. The van der Waals surface area contributed by atoms with E-state index in [1.807, 2.05) is 0 Å². The van der Waals surface area contributed by atoms with Gasteiger partial charge in [-0.05, 0) is 18.2 Å². The number of nitrogens with two attached hydrogens (primary N) is 1. The summed E-state index contributed by atoms with van der Waals surface area (Å²) in [4.78, 5) is 3.73. The van der Waals surface area contributed by atoms with Crippen LogP contribution in [0.15, 0.2) is 23.2 Å². The van der Waals surface area contributed by atoms with Gasteiger partial charge < -0.3 is 10.5 Å². The molecule has 1 aromatic carbocycles. The van der Waals surface area contributed by atoms with Crippen LogP contribution in [0.3, 0.4) is 0 Å². The van der Waals surface area contributed by atoms with E-state index in [9.17, 15) is 17.6 Å². The summed E-state index contributed by atoms with van der Waals surface area (Å²) >= 11 is 0. The Morgan fingerprint density at radius 3 is 2.61 bits per heavy atom. The molecule has 1 rings (SSSR count). The molecular formula is C11H12F4N2O. The molecule has 0 heterocycles. The molecule has 1 aromatic rings. The van der Waals surface area contributed by atoms with Crippen LogP contribution in [0, 0.1) is 5.82 Å². The van der Waals surface area contributed by atoms with Gasteiger partial charge >= 0.3 is 6.18 Å². The minimum Gasteiger partial charge on any atom is -0.383 e. The maximum Gasteiger partial charge on any atom is 0.417 e. The van der Waals surface area contributed by atoms with Gasteiger partial charge in [0, 0.05) is 12.7 Å². The molecule has 0 radical (unpaired) electrons. The smallest absolute Gasteiger partial charge is 0.383 e. The summed E-state index contributed by atoms with van der Waals surface area (Å²) in [6, 6.07) is 2.26. The Morgan fingerprint density at radius 2 is 2.06 bits per heavy atom. The number of rotatable bonds is 4. The van der Waals surface area contributed by atoms with Crippen molar-refractivity contribution >= 4 is 5.84 Å². The number of ether oxygens (including phenoxy) is 1. The Morgan fingerprint density at radius 1 is 1.39 bits per heavy atom. The average Bonchev–Trinajstić information content (AvgIpc) is 2.28. The second-order valence-electron chi connectivity index (χ2n) is 3.45. The van der Waals surface area contributed by atoms with E-state index in [1.165, 1.54) is 7.11 Å². The highest BCUT2D eigenvalue weighted by molar-refractivity contribution is 5.99. The zero-order valence-electron chi connectivity index (χ0n) is 9.59. The van der Waals surface area contributed by atoms with Crippen LogP contribution in [0.2, 0.25) is 0 Å². The number of nitrogens with zero attached hydrogens (tertiary/aromatic N) is 1. The van der Waals surface area contributed by atoms with Gasteiger partial charge in [-0.1, -0.05) is 0 Å². The Balaban J connectivity index is 3.12. The molecule has 0 amide bonds. The number of methoxy groups -OCH3 is 1. The third-order valence-corrected chi connectivity index (χ3v) is 2.14. The molecule has 0 saturated carbocycles. The lowest BCUT2D eigenvalue weighted by atomic mass is 10.1. The van der Waals surface area contributed by atoms with E-state index >= 15 is 0 Å². The summed E-state index contributed by atoms with van der Waals surface area (Å²) in [7, 11) is 1.44. The van der Waals surface area contributed by atoms with Gasteiger partial charge in [0.2, 0.25) is 0 Å². The summed E-state index contributed by atoms with van der Waals surface area (Å²) in [6.07, 6.45) is -4.68. The van der Waals surface area contributed by atoms with Gasteiger partial charge in [-0.3, -0.25) is 4.99 Å². The number of alkyl halides is 3. The number of halogens is 4. The summed E-state index contributed by atoms with van der Waals surface area (Å²) in [6.45, 7) is 0.375. The molecule has 0 aliphatic heterocycles. The van der Waals surface area contributed by atoms with Gasteiger partial charge in [0.1, 0.15) is 11.7 Å². The highest BCUT2D eigenvalue weighted by Gasteiger charge is 2.34. The van der Waals surface area contributed by atoms with Crippen LogP contribution in [-0.2, 0) is 10.9 Å². The summed E-state index contributed by atoms with van der Waals surface area (Å²) in [5.41, 5.74) is 3.98. The second-order valence-corrected chi connectivity index (χ2v) is 3.45. The highest BCUT2D eigenvalue weighted by atomic mass is 19.4. The van der Waals surface area contributed by atoms with E-state index in [0.29, 0.717) is 6.07 Å². The lowest BCUT2D eigenvalue weighted by Crippen LogP contribution is -2.21. The van der Waals surface area contributed by atoms with Gasteiger partial charge in [-0.25, -0.2) is 4.39 Å². The summed E-state index contributed by atoms with van der Waals surface area (Å²) < 4.78 is 55.6. The van der Waals surface area contributed by atoms with E-state index in [-0.39, 0.29) is 24.6 Å². The van der Waals surface area contributed by atoms with E-state index in [1.54, 1.807) is 0 Å². The predicted molar refractivity (Wildman–Crippen MR) is 58.9 cm³/mol. The van der Waals surface area contributed by atoms with E-state index < -0.39 is 17.6 Å². The normalized spacial score (nSPS) is 12.8. The standard InChI is InChI=1S/C11H12F4N2O/c1-18-5-4-17-10(16)8-3-2-7(12)6-9(8)11(13,14)15/h2-3,6H,4-5H2,1H3,(H2,16,17). The molecule has 0 spiro atoms. The molecule has 0 unspecified atom stereocenters. The molecule has 0 atom stereocenters. The fraction of sp³-hybridized carbons (Fsp3) is 0.364. The first-order chi connectivity index (χ1) is 8.36. The van der Waals surface area contributed by atoms with Crippen molar-refractivity contribution < 1.29 is 22.3 Å². The SMILES string of the molecule is COCCN=C(N)c1ccc(F)cc1C(F)(F)F. The topological polar surface area (TPSA) is 47.6 Å². The van der Waals surface area contributed by atoms with Crippen molar-refractivity contribution in [2.75, 3.05) is 20.3 Å². The first kappa shape index (κ1) is 14.4. The number of aliphatic imine (C=N–C) groups is 1. The Hall–Kier alpha value is -1.63. The lowest BCUT2D eigenvalue weighted by molar-refractivity contribution is -0.137. The molecule has 0 bridgehead atoms. The van der Waals surface area contributed by atoms with Crippen molar-refractivity contribution in [3.05, 3.63) is 35.1 Å². The minimum atomic E-state index is -4.68. The fourth-order valence-electron chi connectivity index (χ4n) is 1.32. The van der Waals surface area contributed by atoms with Gasteiger partial charge in [0.25, 0.3) is 0 Å². The van der Waals surface area contributed by atoms with Gasteiger partial charge in [-0.15, -0.1) is 0 Å². The third-order valence-electron chi connectivity index (χ3n) is 2.14. The first-order valence-electron chi connectivity index (χ1n) is 5.02. The van der Waals surface area contributed by atoms with Crippen molar-refractivity contribution in [2.24, 2.45) is 10.7 Å². The van der Waals surface area contributed by atoms with E-state index in [4.69, 9.17) is 10.5 Å². The predicted octanol–water partition coefficient (Wildman–Crippen LogP) is 2.20. The molecule has 2 N–H and O–H groups in total. The monoisotopic (exact) mass is 264 g/mol. The van der Waals surface area contributed by atoms with Crippen LogP contribution in [0.1, 0.15) is 11.1 Å². The zero-order valence-corrected chi connectivity index (χ0v) is 9.59. The van der Waals surface area contributed by atoms with E-state index in [0.717, 1.165) is 12.1 Å². The van der Waals surface area contributed by atoms with Gasteiger partial charge in [-0.2, -0.15) is 13.2 Å². The Bertz CT molecular complexity index is 443. The van der Waals surface area contributed by atoms with Crippen LogP contribution in [0.5, 0.6) is 0 Å². The van der Waals surface area contributed by atoms with Crippen molar-refractivity contribution in [2.45, 2.75) is 6.18 Å². The molecule has 100 valence electrons. The maximum atomic E-state index is 12.8. The summed E-state index contributed by atoms with van der Waals surface area (Å²) in [5.74, 6) is -1.27. The molecule has 0 saturated heterocycles. The molecule has 3 nitrogen and oxygen atoms in total. The first-order valence-corrected chi connectivity index (χ1v) is 5.02.